The lowest BCUT2D eigenvalue weighted by Crippen LogP contribution is -2.60. The van der Waals surface area contributed by atoms with Gasteiger partial charge < -0.3 is 48.1 Å². The number of fused-ring (bicyclic) bond motifs is 1. The predicted molar refractivity (Wildman–Crippen MR) is 261 cm³/mol. The van der Waals surface area contributed by atoms with E-state index in [-0.39, 0.29) is 38.5 Å². The smallest absolute Gasteiger partial charge is 0.326 e. The molecular weight excluding hydrogens is 861 g/mol. The number of para-hydroxylation sites is 1. The van der Waals surface area contributed by atoms with Crippen molar-refractivity contribution >= 4 is 46.4 Å². The van der Waals surface area contributed by atoms with Gasteiger partial charge in [0.2, 0.25) is 29.5 Å². The van der Waals surface area contributed by atoms with Crippen LogP contribution in [-0.4, -0.2) is 88.4 Å². The first-order valence-corrected chi connectivity index (χ1v) is 22.9. The van der Waals surface area contributed by atoms with Gasteiger partial charge in [0.25, 0.3) is 0 Å². The van der Waals surface area contributed by atoms with Crippen LogP contribution in [0.25, 0.3) is 10.9 Å². The number of aromatic amines is 1. The number of nitrogens with two attached hydrogens (primary N) is 2. The van der Waals surface area contributed by atoms with E-state index >= 15 is 0 Å². The van der Waals surface area contributed by atoms with Crippen LogP contribution in [0.3, 0.4) is 0 Å². The maximum absolute atomic E-state index is 14.7. The normalized spacial score (nSPS) is 13.7. The highest BCUT2D eigenvalue weighted by molar-refractivity contribution is 5.97. The van der Waals surface area contributed by atoms with Gasteiger partial charge in [-0.25, -0.2) is 4.79 Å². The molecule has 0 bridgehead atoms. The van der Waals surface area contributed by atoms with Crippen LogP contribution in [0.2, 0.25) is 0 Å². The summed E-state index contributed by atoms with van der Waals surface area (Å²) in [6.07, 6.45) is 3.17. The number of hydrogen-bond acceptors (Lipinski definition) is 8. The number of benzene rings is 5. The Morgan fingerprint density at radius 3 is 1.32 bits per heavy atom. The number of hydrogen-bond donors (Lipinski definition) is 9. The molecule has 15 heteroatoms. The van der Waals surface area contributed by atoms with Gasteiger partial charge in [0.1, 0.15) is 30.2 Å². The quantitative estimate of drug-likeness (QED) is 0.0380. The van der Waals surface area contributed by atoms with Crippen LogP contribution >= 0.6 is 0 Å². The van der Waals surface area contributed by atoms with Gasteiger partial charge in [0.15, 0.2) is 0 Å². The predicted octanol–water partition coefficient (Wildman–Crippen LogP) is 3.65. The molecule has 0 aliphatic rings. The Morgan fingerprint density at radius 2 is 0.838 bits per heavy atom. The van der Waals surface area contributed by atoms with Gasteiger partial charge in [0, 0.05) is 42.8 Å². The highest BCUT2D eigenvalue weighted by atomic mass is 16.4. The number of carbonyl (C=O) groups is 6. The maximum atomic E-state index is 14.7. The number of amides is 5. The SMILES string of the molecule is NCCCC[C@H](NC(=O)[C@@H](Cc1c[nH]c2ccccc12)NC(=O)[C@H](Cc1ccccc1)NC(=O)[C@H](Cc1ccccc1)NC(=O)[C@@H](N)Cc1ccccc1)C(=O)N[C@@H](Cc1ccccc1)C(=O)O. The molecular formula is C53H60N8O7. The Hall–Kier alpha value is -7.62. The zero-order valence-electron chi connectivity index (χ0n) is 37.8. The molecule has 0 saturated carbocycles. The molecule has 0 saturated heterocycles. The third-order valence-electron chi connectivity index (χ3n) is 11.7. The third-order valence-corrected chi connectivity index (χ3v) is 11.7. The second-order valence-electron chi connectivity index (χ2n) is 16.9. The number of nitrogens with one attached hydrogen (secondary N) is 6. The fraction of sp³-hybridized carbons (Fsp3) is 0.283. The molecule has 5 amide bonds. The summed E-state index contributed by atoms with van der Waals surface area (Å²) in [5, 5.41) is 24.9. The molecule has 1 aromatic heterocycles. The summed E-state index contributed by atoms with van der Waals surface area (Å²) in [6.45, 7) is 0.332. The average molecular weight is 921 g/mol. The van der Waals surface area contributed by atoms with E-state index in [1.807, 2.05) is 91.0 Å². The zero-order chi connectivity index (χ0) is 48.3. The Labute approximate surface area is 395 Å². The van der Waals surface area contributed by atoms with Gasteiger partial charge in [-0.15, -0.1) is 0 Å². The molecule has 354 valence electrons. The Morgan fingerprint density at radius 1 is 0.456 bits per heavy atom. The first kappa shape index (κ1) is 49.8. The van der Waals surface area contributed by atoms with E-state index < -0.39 is 71.8 Å². The highest BCUT2D eigenvalue weighted by Crippen LogP contribution is 2.20. The lowest BCUT2D eigenvalue weighted by molar-refractivity contribution is -0.142. The number of carboxylic acid groups (broad SMARTS) is 1. The van der Waals surface area contributed by atoms with E-state index in [0.29, 0.717) is 36.1 Å². The second kappa shape index (κ2) is 25.3. The minimum atomic E-state index is -1.29. The summed E-state index contributed by atoms with van der Waals surface area (Å²) < 4.78 is 0. The van der Waals surface area contributed by atoms with Crippen LogP contribution in [0, 0.1) is 0 Å². The van der Waals surface area contributed by atoms with Gasteiger partial charge >= 0.3 is 5.97 Å². The number of unbranched alkanes of at least 4 members (excludes halogenated alkanes) is 1. The van der Waals surface area contributed by atoms with Crippen molar-refractivity contribution in [3.8, 4) is 0 Å². The minimum Gasteiger partial charge on any atom is -0.480 e. The van der Waals surface area contributed by atoms with Crippen LogP contribution < -0.4 is 38.1 Å². The maximum Gasteiger partial charge on any atom is 0.326 e. The number of carboxylic acids is 1. The number of H-pyrrole nitrogens is 1. The van der Waals surface area contributed by atoms with Gasteiger partial charge in [-0.05, 0) is 66.1 Å². The molecule has 68 heavy (non-hydrogen) atoms. The Balaban J connectivity index is 1.27. The first-order chi connectivity index (χ1) is 33.0. The fourth-order valence-corrected chi connectivity index (χ4v) is 7.99. The van der Waals surface area contributed by atoms with Crippen LogP contribution in [0.15, 0.2) is 152 Å². The lowest BCUT2D eigenvalue weighted by atomic mass is 10.00. The highest BCUT2D eigenvalue weighted by Gasteiger charge is 2.34. The molecule has 1 heterocycles. The van der Waals surface area contributed by atoms with Crippen LogP contribution in [0.5, 0.6) is 0 Å². The fourth-order valence-electron chi connectivity index (χ4n) is 7.99. The van der Waals surface area contributed by atoms with E-state index in [1.54, 1.807) is 60.8 Å². The van der Waals surface area contributed by atoms with Crippen LogP contribution in [-0.2, 0) is 60.9 Å². The van der Waals surface area contributed by atoms with Crippen molar-refractivity contribution in [3.63, 3.8) is 0 Å². The Kier molecular flexibility index (Phi) is 18.6. The van der Waals surface area contributed by atoms with Crippen molar-refractivity contribution in [2.24, 2.45) is 11.5 Å². The first-order valence-electron chi connectivity index (χ1n) is 22.9. The van der Waals surface area contributed by atoms with Crippen molar-refractivity contribution in [2.45, 2.75) is 87.6 Å². The summed E-state index contributed by atoms with van der Waals surface area (Å²) in [6, 6.07) is 36.6. The monoisotopic (exact) mass is 920 g/mol. The van der Waals surface area contributed by atoms with E-state index in [2.05, 4.69) is 31.6 Å². The molecule has 6 aromatic rings. The van der Waals surface area contributed by atoms with Gasteiger partial charge in [-0.3, -0.25) is 24.0 Å². The molecule has 0 aliphatic carbocycles. The molecule has 0 spiro atoms. The van der Waals surface area contributed by atoms with E-state index in [1.165, 1.54) is 0 Å². The molecule has 0 unspecified atom stereocenters. The molecule has 0 radical (unpaired) electrons. The van der Waals surface area contributed by atoms with Crippen molar-refractivity contribution in [2.75, 3.05) is 6.54 Å². The number of aromatic nitrogens is 1. The van der Waals surface area contributed by atoms with Crippen molar-refractivity contribution in [1.29, 1.82) is 0 Å². The second-order valence-corrected chi connectivity index (χ2v) is 16.9. The van der Waals surface area contributed by atoms with E-state index in [4.69, 9.17) is 11.5 Å². The van der Waals surface area contributed by atoms with Crippen molar-refractivity contribution in [1.82, 2.24) is 31.6 Å². The topological polar surface area (TPSA) is 251 Å². The number of carbonyl (C=O) groups excluding carboxylic acids is 5. The molecule has 11 N–H and O–H groups in total. The average Bonchev–Trinajstić information content (AvgIpc) is 3.76. The van der Waals surface area contributed by atoms with Gasteiger partial charge in [-0.1, -0.05) is 140 Å². The largest absolute Gasteiger partial charge is 0.480 e. The van der Waals surface area contributed by atoms with Crippen molar-refractivity contribution < 1.29 is 33.9 Å². The summed E-state index contributed by atoms with van der Waals surface area (Å²) >= 11 is 0. The summed E-state index contributed by atoms with van der Waals surface area (Å²) in [7, 11) is 0. The molecule has 0 aliphatic heterocycles. The lowest BCUT2D eigenvalue weighted by Gasteiger charge is -2.27. The van der Waals surface area contributed by atoms with Crippen molar-refractivity contribution in [3.05, 3.63) is 180 Å². The van der Waals surface area contributed by atoms with Gasteiger partial charge in [-0.2, -0.15) is 0 Å². The summed E-state index contributed by atoms with van der Waals surface area (Å²) in [5.74, 6) is -4.57. The molecule has 6 atom stereocenters. The molecule has 15 nitrogen and oxygen atoms in total. The minimum absolute atomic E-state index is 0.00945. The number of rotatable bonds is 25. The summed E-state index contributed by atoms with van der Waals surface area (Å²) in [4.78, 5) is 87.0. The zero-order valence-corrected chi connectivity index (χ0v) is 37.8. The third kappa shape index (κ3) is 15.0. The molecule has 0 fully saturated rings. The molecule has 5 aromatic carbocycles. The number of aliphatic carboxylic acids is 1. The van der Waals surface area contributed by atoms with Crippen LogP contribution in [0.1, 0.15) is 47.1 Å². The van der Waals surface area contributed by atoms with E-state index in [9.17, 15) is 33.9 Å². The van der Waals surface area contributed by atoms with E-state index in [0.717, 1.165) is 22.0 Å². The molecule has 6 rings (SSSR count). The standard InChI is InChI=1S/C53H60N8O7/c54-28-16-15-27-43(49(63)61-47(53(67)68)32-38-23-11-4-12-24-38)57-52(66)46(33-39-34-56-42-26-14-13-25-40(39)42)60-51(65)45(31-37-21-9-3-10-22-37)59-50(64)44(30-36-19-7-2-8-20-36)58-48(62)41(55)29-35-17-5-1-6-18-35/h1-14,17-26,34,41,43-47,56H,15-16,27-33,54-55H2,(H,57,66)(H,58,62)(H,59,64)(H,60,65)(H,61,63)(H,67,68)/t41-,43-,44-,45-,46+,47-/m0/s1. The summed E-state index contributed by atoms with van der Waals surface area (Å²) in [5.41, 5.74) is 16.7. The Bertz CT molecular complexity index is 2580. The van der Waals surface area contributed by atoms with Crippen LogP contribution in [0.4, 0.5) is 0 Å². The van der Waals surface area contributed by atoms with Gasteiger partial charge in [0.05, 0.1) is 6.04 Å².